The van der Waals surface area contributed by atoms with Crippen molar-refractivity contribution in [3.63, 3.8) is 0 Å². The second-order valence-electron chi connectivity index (χ2n) is 5.74. The number of carbonyl (C=O) groups is 1. The minimum absolute atomic E-state index is 0.290. The SMILES string of the molecule is CNC(C)(CCCN(CCOC)CC(C)C)C(N)=O. The largest absolute Gasteiger partial charge is 0.383 e. The average molecular weight is 273 g/mol. The maximum atomic E-state index is 11.4. The van der Waals surface area contributed by atoms with E-state index in [0.717, 1.165) is 39.1 Å². The first-order valence-electron chi connectivity index (χ1n) is 7.05. The van der Waals surface area contributed by atoms with E-state index in [2.05, 4.69) is 24.1 Å². The normalized spacial score (nSPS) is 14.9. The van der Waals surface area contributed by atoms with Gasteiger partial charge >= 0.3 is 0 Å². The number of rotatable bonds is 11. The van der Waals surface area contributed by atoms with Crippen molar-refractivity contribution in [3.8, 4) is 0 Å². The van der Waals surface area contributed by atoms with Crippen molar-refractivity contribution in [2.24, 2.45) is 11.7 Å². The maximum Gasteiger partial charge on any atom is 0.237 e. The summed E-state index contributed by atoms with van der Waals surface area (Å²) in [4.78, 5) is 13.8. The van der Waals surface area contributed by atoms with Crippen LogP contribution in [0.3, 0.4) is 0 Å². The lowest BCUT2D eigenvalue weighted by Gasteiger charge is -2.28. The van der Waals surface area contributed by atoms with Gasteiger partial charge in [-0.05, 0) is 39.3 Å². The summed E-state index contributed by atoms with van der Waals surface area (Å²) in [5.41, 5.74) is 4.82. The fourth-order valence-electron chi connectivity index (χ4n) is 2.06. The van der Waals surface area contributed by atoms with Gasteiger partial charge in [0, 0.05) is 20.2 Å². The van der Waals surface area contributed by atoms with Gasteiger partial charge in [0.2, 0.25) is 5.91 Å². The van der Waals surface area contributed by atoms with E-state index in [0.29, 0.717) is 5.92 Å². The third kappa shape index (κ3) is 7.50. The zero-order valence-electron chi connectivity index (χ0n) is 13.2. The molecule has 5 nitrogen and oxygen atoms in total. The predicted molar refractivity (Wildman–Crippen MR) is 79.0 cm³/mol. The summed E-state index contributed by atoms with van der Waals surface area (Å²) in [5, 5.41) is 3.02. The van der Waals surface area contributed by atoms with Crippen LogP contribution in [-0.4, -0.2) is 56.7 Å². The second-order valence-corrected chi connectivity index (χ2v) is 5.74. The molecule has 0 heterocycles. The van der Waals surface area contributed by atoms with E-state index in [1.165, 1.54) is 0 Å². The fourth-order valence-corrected chi connectivity index (χ4v) is 2.06. The molecule has 0 aliphatic heterocycles. The minimum atomic E-state index is -0.606. The van der Waals surface area contributed by atoms with Crippen LogP contribution in [-0.2, 0) is 9.53 Å². The van der Waals surface area contributed by atoms with Crippen molar-refractivity contribution in [2.45, 2.75) is 39.2 Å². The molecule has 1 atom stereocenters. The molecule has 0 aromatic rings. The van der Waals surface area contributed by atoms with Gasteiger partial charge in [-0.1, -0.05) is 13.8 Å². The monoisotopic (exact) mass is 273 g/mol. The molecule has 19 heavy (non-hydrogen) atoms. The lowest BCUT2D eigenvalue weighted by atomic mass is 9.95. The molecule has 0 aromatic heterocycles. The van der Waals surface area contributed by atoms with Crippen LogP contribution >= 0.6 is 0 Å². The minimum Gasteiger partial charge on any atom is -0.383 e. The maximum absolute atomic E-state index is 11.4. The van der Waals surface area contributed by atoms with E-state index in [1.54, 1.807) is 14.2 Å². The van der Waals surface area contributed by atoms with Gasteiger partial charge in [0.1, 0.15) is 0 Å². The van der Waals surface area contributed by atoms with Gasteiger partial charge in [-0.3, -0.25) is 4.79 Å². The van der Waals surface area contributed by atoms with Crippen molar-refractivity contribution in [1.29, 1.82) is 0 Å². The number of nitrogens with two attached hydrogens (primary N) is 1. The van der Waals surface area contributed by atoms with E-state index in [-0.39, 0.29) is 5.91 Å². The number of primary amides is 1. The number of likely N-dealkylation sites (N-methyl/N-ethyl adjacent to an activating group) is 1. The molecule has 0 saturated heterocycles. The van der Waals surface area contributed by atoms with Gasteiger partial charge in [0.05, 0.1) is 12.1 Å². The summed E-state index contributed by atoms with van der Waals surface area (Å²) >= 11 is 0. The third-order valence-corrected chi connectivity index (χ3v) is 3.48. The van der Waals surface area contributed by atoms with Gasteiger partial charge < -0.3 is 20.7 Å². The first-order chi connectivity index (χ1) is 8.85. The van der Waals surface area contributed by atoms with Crippen LogP contribution in [0.25, 0.3) is 0 Å². The molecule has 3 N–H and O–H groups in total. The fraction of sp³-hybridized carbons (Fsp3) is 0.929. The highest BCUT2D eigenvalue weighted by atomic mass is 16.5. The lowest BCUT2D eigenvalue weighted by Crippen LogP contribution is -2.51. The van der Waals surface area contributed by atoms with Crippen LogP contribution < -0.4 is 11.1 Å². The molecular formula is C14H31N3O2. The third-order valence-electron chi connectivity index (χ3n) is 3.48. The van der Waals surface area contributed by atoms with Crippen LogP contribution in [0.1, 0.15) is 33.6 Å². The van der Waals surface area contributed by atoms with Crippen LogP contribution in [0, 0.1) is 5.92 Å². The van der Waals surface area contributed by atoms with Gasteiger partial charge in [0.25, 0.3) is 0 Å². The first-order valence-corrected chi connectivity index (χ1v) is 7.05. The Morgan fingerprint density at radius 3 is 2.47 bits per heavy atom. The van der Waals surface area contributed by atoms with E-state index >= 15 is 0 Å². The van der Waals surface area contributed by atoms with Crippen LogP contribution in [0.5, 0.6) is 0 Å². The van der Waals surface area contributed by atoms with Gasteiger partial charge in [0.15, 0.2) is 0 Å². The van der Waals surface area contributed by atoms with E-state index < -0.39 is 5.54 Å². The molecule has 114 valence electrons. The van der Waals surface area contributed by atoms with E-state index in [1.807, 2.05) is 6.92 Å². The molecule has 0 saturated carbocycles. The molecule has 0 bridgehead atoms. The highest BCUT2D eigenvalue weighted by molar-refractivity contribution is 5.84. The Balaban J connectivity index is 4.19. The Bertz CT molecular complexity index is 259. The molecule has 0 aliphatic carbocycles. The highest BCUT2D eigenvalue weighted by Gasteiger charge is 2.28. The zero-order valence-corrected chi connectivity index (χ0v) is 13.2. The molecule has 0 aliphatic rings. The summed E-state index contributed by atoms with van der Waals surface area (Å²) < 4.78 is 5.13. The number of methoxy groups -OCH3 is 1. The Kier molecular flexibility index (Phi) is 8.97. The Morgan fingerprint density at radius 1 is 1.42 bits per heavy atom. The summed E-state index contributed by atoms with van der Waals surface area (Å²) in [6.07, 6.45) is 1.69. The second kappa shape index (κ2) is 9.28. The van der Waals surface area contributed by atoms with Crippen LogP contribution in [0.15, 0.2) is 0 Å². The van der Waals surface area contributed by atoms with Crippen LogP contribution in [0.4, 0.5) is 0 Å². The number of amides is 1. The molecule has 0 aromatic carbocycles. The Hall–Kier alpha value is -0.650. The number of nitrogens with zero attached hydrogens (tertiary/aromatic N) is 1. The molecule has 0 fully saturated rings. The molecule has 0 radical (unpaired) electrons. The van der Waals surface area contributed by atoms with Crippen molar-refractivity contribution in [3.05, 3.63) is 0 Å². The molecule has 5 heteroatoms. The summed E-state index contributed by atoms with van der Waals surface area (Å²) in [7, 11) is 3.50. The Morgan fingerprint density at radius 2 is 2.05 bits per heavy atom. The average Bonchev–Trinajstić information content (AvgIpc) is 2.34. The predicted octanol–water partition coefficient (Wildman–Crippen LogP) is 0.834. The molecule has 1 unspecified atom stereocenters. The van der Waals surface area contributed by atoms with Crippen molar-refractivity contribution >= 4 is 5.91 Å². The number of nitrogens with one attached hydrogen (secondary N) is 1. The van der Waals surface area contributed by atoms with Crippen molar-refractivity contribution in [2.75, 3.05) is 40.4 Å². The highest BCUT2D eigenvalue weighted by Crippen LogP contribution is 2.12. The summed E-state index contributed by atoms with van der Waals surface area (Å²) in [6, 6.07) is 0. The Labute approximate surface area is 117 Å². The van der Waals surface area contributed by atoms with Gasteiger partial charge in [-0.25, -0.2) is 0 Å². The first kappa shape index (κ1) is 18.4. The smallest absolute Gasteiger partial charge is 0.237 e. The van der Waals surface area contributed by atoms with Gasteiger partial charge in [-0.2, -0.15) is 0 Å². The van der Waals surface area contributed by atoms with E-state index in [4.69, 9.17) is 10.5 Å². The summed E-state index contributed by atoms with van der Waals surface area (Å²) in [5.74, 6) is 0.339. The van der Waals surface area contributed by atoms with Crippen molar-refractivity contribution < 1.29 is 9.53 Å². The lowest BCUT2D eigenvalue weighted by molar-refractivity contribution is -0.123. The van der Waals surface area contributed by atoms with Crippen LogP contribution in [0.2, 0.25) is 0 Å². The molecule has 0 rings (SSSR count). The summed E-state index contributed by atoms with van der Waals surface area (Å²) in [6.45, 7) is 9.97. The molecular weight excluding hydrogens is 242 g/mol. The topological polar surface area (TPSA) is 67.6 Å². The number of hydrogen-bond donors (Lipinski definition) is 2. The number of carbonyl (C=O) groups excluding carboxylic acids is 1. The van der Waals surface area contributed by atoms with E-state index in [9.17, 15) is 4.79 Å². The molecule has 0 spiro atoms. The zero-order chi connectivity index (χ0) is 14.9. The van der Waals surface area contributed by atoms with Crippen molar-refractivity contribution in [1.82, 2.24) is 10.2 Å². The van der Waals surface area contributed by atoms with Gasteiger partial charge in [-0.15, -0.1) is 0 Å². The molecule has 1 amide bonds. The number of ether oxygens (including phenoxy) is 1. The standard InChI is InChI=1S/C14H31N3O2/c1-12(2)11-17(9-10-19-5)8-6-7-14(3,16-4)13(15)18/h12,16H,6-11H2,1-5H3,(H2,15,18). The number of hydrogen-bond acceptors (Lipinski definition) is 4. The quantitative estimate of drug-likeness (QED) is 0.585.